The Hall–Kier alpha value is -3.45. The average molecular weight is 394 g/mol. The molecule has 0 saturated heterocycles. The molecule has 0 unspecified atom stereocenters. The van der Waals surface area contributed by atoms with Crippen LogP contribution in [0, 0.1) is 6.92 Å². The third kappa shape index (κ3) is 5.05. The second kappa shape index (κ2) is 8.49. The van der Waals surface area contributed by atoms with Gasteiger partial charge in [0.2, 0.25) is 0 Å². The number of hydrazone groups is 1. The molecule has 3 rings (SSSR count). The number of carbonyl (C=O) groups excluding carboxylic acids is 1. The number of nitrogens with zero attached hydrogens (tertiary/aromatic N) is 1. The molecule has 3 aromatic rings. The lowest BCUT2D eigenvalue weighted by molar-refractivity contribution is 0.0955. The van der Waals surface area contributed by atoms with Gasteiger partial charge < -0.3 is 4.18 Å². The molecular weight excluding hydrogens is 376 g/mol. The van der Waals surface area contributed by atoms with Crippen LogP contribution in [0.2, 0.25) is 0 Å². The second-order valence-electron chi connectivity index (χ2n) is 5.99. The first-order valence-corrected chi connectivity index (χ1v) is 9.84. The van der Waals surface area contributed by atoms with Gasteiger partial charge in [0.1, 0.15) is 10.6 Å². The van der Waals surface area contributed by atoms with E-state index in [1.54, 1.807) is 48.5 Å². The maximum atomic E-state index is 12.2. The maximum absolute atomic E-state index is 12.2. The molecule has 28 heavy (non-hydrogen) atoms. The molecule has 0 aromatic heterocycles. The highest BCUT2D eigenvalue weighted by Crippen LogP contribution is 2.18. The van der Waals surface area contributed by atoms with Gasteiger partial charge in [-0.15, -0.1) is 0 Å². The zero-order valence-corrected chi connectivity index (χ0v) is 15.9. The van der Waals surface area contributed by atoms with Gasteiger partial charge in [-0.1, -0.05) is 35.9 Å². The fourth-order valence-corrected chi connectivity index (χ4v) is 3.34. The van der Waals surface area contributed by atoms with Crippen molar-refractivity contribution >= 4 is 22.2 Å². The lowest BCUT2D eigenvalue weighted by Gasteiger charge is -2.07. The number of benzene rings is 3. The van der Waals surface area contributed by atoms with Crippen molar-refractivity contribution in [2.75, 3.05) is 0 Å². The van der Waals surface area contributed by atoms with Crippen LogP contribution in [0.1, 0.15) is 21.5 Å². The van der Waals surface area contributed by atoms with Crippen molar-refractivity contribution in [3.05, 3.63) is 95.6 Å². The Balaban J connectivity index is 1.61. The highest BCUT2D eigenvalue weighted by Gasteiger charge is 2.15. The van der Waals surface area contributed by atoms with E-state index in [4.69, 9.17) is 4.18 Å². The molecule has 7 heteroatoms. The predicted octanol–water partition coefficient (Wildman–Crippen LogP) is 3.53. The highest BCUT2D eigenvalue weighted by atomic mass is 32.2. The zero-order chi connectivity index (χ0) is 20.0. The van der Waals surface area contributed by atoms with E-state index in [0.29, 0.717) is 11.1 Å². The van der Waals surface area contributed by atoms with Crippen LogP contribution in [0.5, 0.6) is 5.75 Å². The smallest absolute Gasteiger partial charge is 0.339 e. The molecule has 0 aliphatic carbocycles. The van der Waals surface area contributed by atoms with Gasteiger partial charge in [-0.2, -0.15) is 13.5 Å². The van der Waals surface area contributed by atoms with Crippen LogP contribution in [0.4, 0.5) is 0 Å². The van der Waals surface area contributed by atoms with Crippen molar-refractivity contribution in [2.45, 2.75) is 11.8 Å². The molecule has 0 radical (unpaired) electrons. The van der Waals surface area contributed by atoms with E-state index < -0.39 is 10.1 Å². The van der Waals surface area contributed by atoms with Gasteiger partial charge in [0.25, 0.3) is 5.91 Å². The highest BCUT2D eigenvalue weighted by molar-refractivity contribution is 7.87. The predicted molar refractivity (Wildman–Crippen MR) is 107 cm³/mol. The molecule has 0 spiro atoms. The molecule has 0 heterocycles. The summed E-state index contributed by atoms with van der Waals surface area (Å²) < 4.78 is 29.5. The Labute approximate surface area is 163 Å². The van der Waals surface area contributed by atoms with Crippen LogP contribution in [-0.4, -0.2) is 20.5 Å². The van der Waals surface area contributed by atoms with Gasteiger partial charge in [0.15, 0.2) is 0 Å². The first-order valence-electron chi connectivity index (χ1n) is 8.44. The maximum Gasteiger partial charge on any atom is 0.339 e. The molecule has 0 aliphatic heterocycles. The molecule has 1 N–H and O–H groups in total. The summed E-state index contributed by atoms with van der Waals surface area (Å²) in [6.07, 6.45) is 1.46. The number of hydrogen-bond acceptors (Lipinski definition) is 5. The lowest BCUT2D eigenvalue weighted by Crippen LogP contribution is -2.17. The van der Waals surface area contributed by atoms with E-state index in [9.17, 15) is 13.2 Å². The quantitative estimate of drug-likeness (QED) is 0.394. The van der Waals surface area contributed by atoms with Crippen molar-refractivity contribution in [1.82, 2.24) is 5.43 Å². The number of hydrogen-bond donors (Lipinski definition) is 1. The van der Waals surface area contributed by atoms with Crippen molar-refractivity contribution in [3.8, 4) is 5.75 Å². The summed E-state index contributed by atoms with van der Waals surface area (Å²) in [7, 11) is -3.88. The Morgan fingerprint density at radius 2 is 1.68 bits per heavy atom. The summed E-state index contributed by atoms with van der Waals surface area (Å²) >= 11 is 0. The number of rotatable bonds is 6. The SMILES string of the molecule is Cc1cccc(C(=O)N/N=C\c2ccc(OS(=O)(=O)c3ccccc3)cc2)c1. The van der Waals surface area contributed by atoms with Gasteiger partial charge in [0, 0.05) is 5.56 Å². The summed E-state index contributed by atoms with van der Waals surface area (Å²) in [6.45, 7) is 1.90. The summed E-state index contributed by atoms with van der Waals surface area (Å²) in [5.41, 5.74) is 4.63. The third-order valence-corrected chi connectivity index (χ3v) is 5.04. The van der Waals surface area contributed by atoms with Crippen LogP contribution in [0.3, 0.4) is 0 Å². The molecule has 0 fully saturated rings. The Bertz CT molecular complexity index is 1090. The zero-order valence-electron chi connectivity index (χ0n) is 15.1. The van der Waals surface area contributed by atoms with E-state index in [2.05, 4.69) is 10.5 Å². The lowest BCUT2D eigenvalue weighted by atomic mass is 10.1. The molecule has 3 aromatic carbocycles. The standard InChI is InChI=1S/C21H18N2O4S/c1-16-6-5-7-18(14-16)21(24)23-22-15-17-10-12-19(13-11-17)27-28(25,26)20-8-3-2-4-9-20/h2-15H,1H3,(H,23,24)/b22-15-. The molecule has 6 nitrogen and oxygen atoms in total. The molecule has 0 aliphatic rings. The van der Waals surface area contributed by atoms with Crippen molar-refractivity contribution in [3.63, 3.8) is 0 Å². The normalized spacial score (nSPS) is 11.3. The van der Waals surface area contributed by atoms with Crippen molar-refractivity contribution in [1.29, 1.82) is 0 Å². The fraction of sp³-hybridized carbons (Fsp3) is 0.0476. The molecule has 1 amide bonds. The van der Waals surface area contributed by atoms with E-state index in [-0.39, 0.29) is 16.6 Å². The minimum absolute atomic E-state index is 0.0829. The van der Waals surface area contributed by atoms with Gasteiger partial charge in [-0.3, -0.25) is 4.79 Å². The van der Waals surface area contributed by atoms with E-state index in [0.717, 1.165) is 5.56 Å². The molecule has 142 valence electrons. The number of carbonyl (C=O) groups is 1. The largest absolute Gasteiger partial charge is 0.379 e. The summed E-state index contributed by atoms with van der Waals surface area (Å²) in [5, 5.41) is 3.92. The molecule has 0 atom stereocenters. The van der Waals surface area contributed by atoms with Crippen LogP contribution in [0.15, 0.2) is 88.9 Å². The minimum atomic E-state index is -3.88. The van der Waals surface area contributed by atoms with Gasteiger partial charge in [-0.25, -0.2) is 5.43 Å². The van der Waals surface area contributed by atoms with E-state index in [1.807, 2.05) is 13.0 Å². The monoisotopic (exact) mass is 394 g/mol. The molecular formula is C21H18N2O4S. The van der Waals surface area contributed by atoms with Crippen molar-refractivity contribution in [2.24, 2.45) is 5.10 Å². The number of amides is 1. The minimum Gasteiger partial charge on any atom is -0.379 e. The van der Waals surface area contributed by atoms with Crippen molar-refractivity contribution < 1.29 is 17.4 Å². The van der Waals surface area contributed by atoms with Gasteiger partial charge >= 0.3 is 10.1 Å². The fourth-order valence-electron chi connectivity index (χ4n) is 2.39. The second-order valence-corrected chi connectivity index (χ2v) is 7.53. The molecule has 0 saturated carbocycles. The Morgan fingerprint density at radius 1 is 0.964 bits per heavy atom. The summed E-state index contributed by atoms with van der Waals surface area (Å²) in [4.78, 5) is 12.1. The van der Waals surface area contributed by atoms with Crippen LogP contribution in [-0.2, 0) is 10.1 Å². The third-order valence-electron chi connectivity index (χ3n) is 3.78. The number of aryl methyl sites for hydroxylation is 1. The average Bonchev–Trinajstić information content (AvgIpc) is 2.70. The van der Waals surface area contributed by atoms with Crippen LogP contribution < -0.4 is 9.61 Å². The van der Waals surface area contributed by atoms with E-state index in [1.165, 1.54) is 30.5 Å². The first-order chi connectivity index (χ1) is 13.4. The van der Waals surface area contributed by atoms with Gasteiger partial charge in [0.05, 0.1) is 6.21 Å². The topological polar surface area (TPSA) is 84.8 Å². The van der Waals surface area contributed by atoms with Crippen LogP contribution >= 0.6 is 0 Å². The Morgan fingerprint density at radius 3 is 2.36 bits per heavy atom. The molecule has 0 bridgehead atoms. The van der Waals surface area contributed by atoms with E-state index >= 15 is 0 Å². The summed E-state index contributed by atoms with van der Waals surface area (Å²) in [6, 6.07) is 21.4. The summed E-state index contributed by atoms with van der Waals surface area (Å²) in [5.74, 6) is -0.126. The van der Waals surface area contributed by atoms with Gasteiger partial charge in [-0.05, 0) is 61.0 Å². The first kappa shape index (κ1) is 19.3. The Kier molecular flexibility index (Phi) is 5.86. The van der Waals surface area contributed by atoms with Crippen LogP contribution in [0.25, 0.3) is 0 Å². The number of nitrogens with one attached hydrogen (secondary N) is 1.